The van der Waals surface area contributed by atoms with Gasteiger partial charge in [0.15, 0.2) is 17.5 Å². The molecule has 0 amide bonds. The van der Waals surface area contributed by atoms with Gasteiger partial charge in [0.1, 0.15) is 10.0 Å². The molecular formula is C59H37N5S2. The number of aromatic nitrogens is 5. The number of benzene rings is 9. The van der Waals surface area contributed by atoms with Gasteiger partial charge in [-0.15, -0.1) is 22.7 Å². The first-order valence-electron chi connectivity index (χ1n) is 21.8. The molecule has 3 aromatic heterocycles. The summed E-state index contributed by atoms with van der Waals surface area (Å²) in [5.74, 6) is 1.70. The Balaban J connectivity index is 1.12. The highest BCUT2D eigenvalue weighted by Gasteiger charge is 2.20. The molecule has 0 unspecified atom stereocenters. The zero-order valence-corrected chi connectivity index (χ0v) is 37.0. The number of fused-ring (bicyclic) bond motifs is 2. The zero-order valence-electron chi connectivity index (χ0n) is 35.4. The van der Waals surface area contributed by atoms with E-state index in [1.165, 1.54) is 0 Å². The second-order valence-electron chi connectivity index (χ2n) is 16.1. The van der Waals surface area contributed by atoms with Crippen molar-refractivity contribution in [2.45, 2.75) is 0 Å². The quantitative estimate of drug-likeness (QED) is 0.144. The van der Waals surface area contributed by atoms with Crippen LogP contribution in [0.2, 0.25) is 0 Å². The number of nitrogens with zero attached hydrogens (tertiary/aromatic N) is 5. The number of para-hydroxylation sites is 2. The molecule has 0 aliphatic carbocycles. The molecule has 0 fully saturated rings. The molecule has 0 aliphatic heterocycles. The molecule has 66 heavy (non-hydrogen) atoms. The third-order valence-corrected chi connectivity index (χ3v) is 13.9. The van der Waals surface area contributed by atoms with Crippen LogP contribution in [0.4, 0.5) is 0 Å². The smallest absolute Gasteiger partial charge is 0.164 e. The molecule has 12 aromatic rings. The second kappa shape index (κ2) is 17.0. The van der Waals surface area contributed by atoms with Crippen molar-refractivity contribution in [1.29, 1.82) is 0 Å². The van der Waals surface area contributed by atoms with E-state index in [-0.39, 0.29) is 0 Å². The Bertz CT molecular complexity index is 3280. The van der Waals surface area contributed by atoms with Crippen LogP contribution in [-0.4, -0.2) is 24.9 Å². The first-order valence-corrected chi connectivity index (χ1v) is 23.4. The lowest BCUT2D eigenvalue weighted by atomic mass is 9.95. The molecule has 5 nitrogen and oxygen atoms in total. The van der Waals surface area contributed by atoms with Crippen LogP contribution >= 0.6 is 22.7 Å². The maximum atomic E-state index is 5.43. The number of rotatable bonds is 9. The van der Waals surface area contributed by atoms with Gasteiger partial charge in [0.25, 0.3) is 0 Å². The van der Waals surface area contributed by atoms with E-state index < -0.39 is 0 Å². The molecule has 0 saturated heterocycles. The van der Waals surface area contributed by atoms with Crippen molar-refractivity contribution < 1.29 is 0 Å². The fraction of sp³-hybridized carbons (Fsp3) is 0. The topological polar surface area (TPSA) is 64.5 Å². The largest absolute Gasteiger partial charge is 0.236 e. The van der Waals surface area contributed by atoms with Gasteiger partial charge in [-0.25, -0.2) is 24.9 Å². The highest BCUT2D eigenvalue weighted by atomic mass is 32.1. The Labute approximate surface area is 390 Å². The number of thiazole rings is 2. The molecule has 0 spiro atoms. The van der Waals surface area contributed by atoms with Crippen LogP contribution in [0.1, 0.15) is 0 Å². The van der Waals surface area contributed by atoms with E-state index in [1.807, 2.05) is 36.4 Å². The van der Waals surface area contributed by atoms with Crippen LogP contribution in [0.5, 0.6) is 0 Å². The summed E-state index contributed by atoms with van der Waals surface area (Å²) in [6, 6.07) is 78.4. The lowest BCUT2D eigenvalue weighted by Gasteiger charge is -2.14. The SMILES string of the molecule is c1ccc(-c2cc(-c3ccccc3)cc(-c3nc(-c4cc(-c5ccccc5)cc(-c5ccccc5)c4)nc(-c4cc(-c5nc6ccccc6s5)cc(-c5nc6ccccc6s5)c4)n3)c2)cc1. The van der Waals surface area contributed by atoms with Gasteiger partial charge in [-0.3, -0.25) is 0 Å². The van der Waals surface area contributed by atoms with E-state index in [4.69, 9.17) is 24.9 Å². The predicted molar refractivity (Wildman–Crippen MR) is 275 cm³/mol. The minimum atomic E-state index is 0.554. The molecule has 0 radical (unpaired) electrons. The fourth-order valence-corrected chi connectivity index (χ4v) is 10.4. The van der Waals surface area contributed by atoms with Crippen molar-refractivity contribution in [3.63, 3.8) is 0 Å². The first-order chi connectivity index (χ1) is 32.6. The highest BCUT2D eigenvalue weighted by Crippen LogP contribution is 2.40. The predicted octanol–water partition coefficient (Wildman–Crippen LogP) is 16.1. The molecule has 7 heteroatoms. The average Bonchev–Trinajstić information content (AvgIpc) is 4.05. The van der Waals surface area contributed by atoms with Crippen LogP contribution in [0, 0.1) is 0 Å². The Morgan fingerprint density at radius 3 is 0.788 bits per heavy atom. The Kier molecular flexibility index (Phi) is 10.2. The van der Waals surface area contributed by atoms with Crippen LogP contribution < -0.4 is 0 Å². The summed E-state index contributed by atoms with van der Waals surface area (Å²) < 4.78 is 2.26. The van der Waals surface area contributed by atoms with Crippen molar-refractivity contribution >= 4 is 43.1 Å². The van der Waals surface area contributed by atoms with E-state index in [9.17, 15) is 0 Å². The Morgan fingerprint density at radius 2 is 0.470 bits per heavy atom. The van der Waals surface area contributed by atoms with Crippen LogP contribution in [0.25, 0.3) is 120 Å². The van der Waals surface area contributed by atoms with Gasteiger partial charge in [0.2, 0.25) is 0 Å². The number of hydrogen-bond donors (Lipinski definition) is 0. The molecular weight excluding hydrogens is 843 g/mol. The second-order valence-corrected chi connectivity index (χ2v) is 18.2. The molecule has 310 valence electrons. The minimum absolute atomic E-state index is 0.554. The molecule has 0 aliphatic rings. The molecule has 3 heterocycles. The Hall–Kier alpha value is -8.23. The standard InChI is InChI=1S/C59H37N5S2/c1-5-17-38(18-6-1)42-29-43(39-19-7-2-8-20-39)32-46(31-42)55-62-56(47-33-44(40-21-9-3-10-22-40)30-45(34-47)41-23-11-4-12-24-41)64-57(63-55)48-35-49(58-60-51-25-13-15-27-53(51)65-58)37-50(36-48)59-61-52-26-14-16-28-54(52)66-59/h1-37H. The molecule has 9 aromatic carbocycles. The van der Waals surface area contributed by atoms with Crippen molar-refractivity contribution in [2.24, 2.45) is 0 Å². The normalized spacial score (nSPS) is 11.3. The van der Waals surface area contributed by atoms with Gasteiger partial charge in [-0.1, -0.05) is 146 Å². The summed E-state index contributed by atoms with van der Waals surface area (Å²) >= 11 is 3.36. The zero-order chi connectivity index (χ0) is 43.8. The monoisotopic (exact) mass is 879 g/mol. The van der Waals surface area contributed by atoms with E-state index in [2.05, 4.69) is 188 Å². The van der Waals surface area contributed by atoms with E-state index in [0.717, 1.165) is 103 Å². The summed E-state index contributed by atoms with van der Waals surface area (Å²) in [4.78, 5) is 26.5. The van der Waals surface area contributed by atoms with Gasteiger partial charge < -0.3 is 0 Å². The number of hydrogen-bond acceptors (Lipinski definition) is 7. The van der Waals surface area contributed by atoms with Crippen molar-refractivity contribution in [1.82, 2.24) is 24.9 Å². The molecule has 0 saturated carbocycles. The maximum Gasteiger partial charge on any atom is 0.164 e. The Morgan fingerprint density at radius 1 is 0.212 bits per heavy atom. The van der Waals surface area contributed by atoms with Crippen LogP contribution in [0.15, 0.2) is 224 Å². The van der Waals surface area contributed by atoms with Crippen LogP contribution in [-0.2, 0) is 0 Å². The molecule has 0 bridgehead atoms. The van der Waals surface area contributed by atoms with E-state index in [0.29, 0.717) is 17.5 Å². The third kappa shape index (κ3) is 7.87. The van der Waals surface area contributed by atoms with Crippen LogP contribution in [0.3, 0.4) is 0 Å². The van der Waals surface area contributed by atoms with Gasteiger partial charge in [-0.05, 0) is 123 Å². The maximum absolute atomic E-state index is 5.43. The van der Waals surface area contributed by atoms with E-state index in [1.54, 1.807) is 22.7 Å². The lowest BCUT2D eigenvalue weighted by molar-refractivity contribution is 1.07. The average molecular weight is 880 g/mol. The molecule has 0 N–H and O–H groups in total. The van der Waals surface area contributed by atoms with Gasteiger partial charge >= 0.3 is 0 Å². The summed E-state index contributed by atoms with van der Waals surface area (Å²) in [6.07, 6.45) is 0. The fourth-order valence-electron chi connectivity index (χ4n) is 8.46. The van der Waals surface area contributed by atoms with Gasteiger partial charge in [0, 0.05) is 27.8 Å². The first kappa shape index (κ1) is 39.4. The van der Waals surface area contributed by atoms with Gasteiger partial charge in [-0.2, -0.15) is 0 Å². The van der Waals surface area contributed by atoms with Crippen molar-refractivity contribution in [3.05, 3.63) is 224 Å². The molecule has 0 atom stereocenters. The van der Waals surface area contributed by atoms with E-state index >= 15 is 0 Å². The summed E-state index contributed by atoms with van der Waals surface area (Å²) in [5, 5.41) is 1.84. The summed E-state index contributed by atoms with van der Waals surface area (Å²) in [5.41, 5.74) is 15.2. The third-order valence-electron chi connectivity index (χ3n) is 11.7. The van der Waals surface area contributed by atoms with Gasteiger partial charge in [0.05, 0.1) is 20.4 Å². The van der Waals surface area contributed by atoms with Crippen molar-refractivity contribution in [2.75, 3.05) is 0 Å². The summed E-state index contributed by atoms with van der Waals surface area (Å²) in [6.45, 7) is 0. The lowest BCUT2D eigenvalue weighted by Crippen LogP contribution is -2.01. The van der Waals surface area contributed by atoms with Crippen molar-refractivity contribution in [3.8, 4) is 99.8 Å². The molecule has 12 rings (SSSR count). The minimum Gasteiger partial charge on any atom is -0.236 e. The summed E-state index contributed by atoms with van der Waals surface area (Å²) in [7, 11) is 0. The highest BCUT2D eigenvalue weighted by molar-refractivity contribution is 7.22.